The Morgan fingerprint density at radius 2 is 1.05 bits per heavy atom. The van der Waals surface area contributed by atoms with Crippen LogP contribution in [0, 0.1) is 0 Å². The molecule has 0 saturated heterocycles. The Kier molecular flexibility index (Phi) is 15.0. The number of methoxy groups -OCH3 is 2. The summed E-state index contributed by atoms with van der Waals surface area (Å²) in [5, 5.41) is 36.3. The molecule has 0 radical (unpaired) electrons. The van der Waals surface area contributed by atoms with Crippen molar-refractivity contribution in [3.63, 3.8) is 0 Å². The van der Waals surface area contributed by atoms with Crippen LogP contribution in [0.4, 0.5) is 0 Å². The molecule has 0 atom stereocenters. The van der Waals surface area contributed by atoms with Crippen molar-refractivity contribution in [2.24, 2.45) is 0 Å². The fraction of sp³-hybridized carbons (Fsp3) is 0.613. The third-order valence-corrected chi connectivity index (χ3v) is 6.02. The number of hydrogen-bond donors (Lipinski definition) is 0. The number of hydrogen-bond acceptors (Lipinski definition) is 7. The topological polar surface area (TPSA) is 94.1 Å². The van der Waals surface area contributed by atoms with Crippen LogP contribution in [0.1, 0.15) is 77.6 Å². The van der Waals surface area contributed by atoms with Crippen LogP contribution in [-0.4, -0.2) is 74.7 Å². The third kappa shape index (κ3) is 12.0. The molecule has 216 valence electrons. The zero-order valence-corrected chi connectivity index (χ0v) is 27.4. The van der Waals surface area contributed by atoms with Crippen LogP contribution in [0.5, 0.6) is 23.0 Å². The summed E-state index contributed by atoms with van der Waals surface area (Å²) in [6, 6.07) is 7.32. The van der Waals surface area contributed by atoms with Gasteiger partial charge in [0, 0.05) is 26.2 Å². The zero-order valence-electron chi connectivity index (χ0n) is 26.2. The van der Waals surface area contributed by atoms with Gasteiger partial charge in [-0.2, -0.15) is 0 Å². The Bertz CT molecular complexity index is 951. The smallest absolute Gasteiger partial charge is 0.872 e. The minimum atomic E-state index is -0.417. The standard InChI is InChI=1S/C28H44N2O4.C3H7O.Al/c1-27(2,3)23-15-21(33-9)13-19(25(23)31)17-30(12-11-29(7)8)18-20-14-22(34-10)16-24(26(20)32)28(4,5)6;1-3(2)4;/h13-16,31-32H,11-12,17-18H2,1-10H3;3H,1-2H3;/q;-1;+3/p-2. The van der Waals surface area contributed by atoms with E-state index in [9.17, 15) is 15.3 Å². The molecule has 0 amide bonds. The summed E-state index contributed by atoms with van der Waals surface area (Å²) in [6.07, 6.45) is -0.417. The molecule has 0 unspecified atom stereocenters. The van der Waals surface area contributed by atoms with Crippen LogP contribution in [-0.2, 0) is 23.9 Å². The van der Waals surface area contributed by atoms with Gasteiger partial charge in [0.15, 0.2) is 0 Å². The van der Waals surface area contributed by atoms with E-state index in [4.69, 9.17) is 9.47 Å². The van der Waals surface area contributed by atoms with Crippen molar-refractivity contribution in [1.82, 2.24) is 9.80 Å². The number of ether oxygens (including phenoxy) is 2. The second-order valence-corrected chi connectivity index (χ2v) is 12.4. The van der Waals surface area contributed by atoms with Gasteiger partial charge < -0.3 is 29.7 Å². The maximum atomic E-state index is 13.4. The first-order valence-electron chi connectivity index (χ1n) is 13.2. The van der Waals surface area contributed by atoms with E-state index in [1.54, 1.807) is 28.1 Å². The molecule has 0 spiro atoms. The normalized spacial score (nSPS) is 11.8. The first kappa shape index (κ1) is 37.1. The SMILES string of the molecule is CC(C)[O-].COc1cc(CN(CCN(C)C)Cc2cc(OC)cc(C(C)(C)C)c2[O-])c([O-])c(C(C)(C)C)c1.[Al+3]. The van der Waals surface area contributed by atoms with Gasteiger partial charge in [-0.1, -0.05) is 55.4 Å². The number of nitrogens with zero attached hydrogens (tertiary/aromatic N) is 2. The van der Waals surface area contributed by atoms with Crippen molar-refractivity contribution < 1.29 is 24.8 Å². The molecule has 0 aliphatic rings. The quantitative estimate of drug-likeness (QED) is 0.437. The summed E-state index contributed by atoms with van der Waals surface area (Å²) in [4.78, 5) is 4.26. The maximum Gasteiger partial charge on any atom is 3.00 e. The monoisotopic (exact) mass is 556 g/mol. The van der Waals surface area contributed by atoms with Gasteiger partial charge in [-0.05, 0) is 71.4 Å². The van der Waals surface area contributed by atoms with Gasteiger partial charge in [-0.3, -0.25) is 4.90 Å². The average molecular weight is 557 g/mol. The van der Waals surface area contributed by atoms with Crippen molar-refractivity contribution in [3.05, 3.63) is 46.5 Å². The van der Waals surface area contributed by atoms with Gasteiger partial charge in [-0.25, -0.2) is 0 Å². The molecule has 0 aromatic heterocycles. The second kappa shape index (κ2) is 15.7. The molecule has 0 saturated carbocycles. The Morgan fingerprint density at radius 3 is 1.31 bits per heavy atom. The molecular weight excluding hydrogens is 507 g/mol. The Balaban J connectivity index is 0.00000269. The summed E-state index contributed by atoms with van der Waals surface area (Å²) in [6.45, 7) is 17.8. The molecule has 2 aromatic carbocycles. The number of rotatable bonds is 9. The first-order valence-corrected chi connectivity index (χ1v) is 13.2. The fourth-order valence-corrected chi connectivity index (χ4v) is 3.94. The van der Waals surface area contributed by atoms with Gasteiger partial charge in [0.25, 0.3) is 0 Å². The van der Waals surface area contributed by atoms with Gasteiger partial charge in [0.05, 0.1) is 14.2 Å². The van der Waals surface area contributed by atoms with Gasteiger partial charge in [0.1, 0.15) is 11.5 Å². The van der Waals surface area contributed by atoms with Crippen LogP contribution in [0.3, 0.4) is 0 Å². The zero-order chi connectivity index (χ0) is 29.4. The van der Waals surface area contributed by atoms with Gasteiger partial charge in [0.2, 0.25) is 0 Å². The van der Waals surface area contributed by atoms with E-state index in [0.717, 1.165) is 17.7 Å². The molecule has 0 heterocycles. The summed E-state index contributed by atoms with van der Waals surface area (Å²) in [7, 11) is 7.27. The van der Waals surface area contributed by atoms with E-state index in [1.807, 2.05) is 79.9 Å². The van der Waals surface area contributed by atoms with E-state index in [0.29, 0.717) is 42.3 Å². The van der Waals surface area contributed by atoms with Crippen molar-refractivity contribution >= 4 is 17.4 Å². The van der Waals surface area contributed by atoms with E-state index in [1.165, 1.54) is 0 Å². The fourth-order valence-electron chi connectivity index (χ4n) is 3.94. The van der Waals surface area contributed by atoms with Crippen molar-refractivity contribution in [1.29, 1.82) is 0 Å². The molecule has 0 bridgehead atoms. The molecule has 2 aromatic rings. The van der Waals surface area contributed by atoms with E-state index < -0.39 is 6.10 Å². The van der Waals surface area contributed by atoms with E-state index in [-0.39, 0.29) is 39.7 Å². The predicted molar refractivity (Wildman–Crippen MR) is 156 cm³/mol. The molecule has 8 heteroatoms. The minimum Gasteiger partial charge on any atom is -0.872 e. The minimum absolute atomic E-state index is 0. The van der Waals surface area contributed by atoms with Crippen LogP contribution >= 0.6 is 0 Å². The third-order valence-electron chi connectivity index (χ3n) is 6.02. The molecule has 0 aliphatic carbocycles. The molecule has 0 N–H and O–H groups in total. The second-order valence-electron chi connectivity index (χ2n) is 12.4. The summed E-state index contributed by atoms with van der Waals surface area (Å²) >= 11 is 0. The van der Waals surface area contributed by atoms with Crippen LogP contribution in [0.15, 0.2) is 24.3 Å². The summed E-state index contributed by atoms with van der Waals surface area (Å²) in [5.41, 5.74) is 2.21. The summed E-state index contributed by atoms with van der Waals surface area (Å²) < 4.78 is 11.0. The van der Waals surface area contributed by atoms with Crippen molar-refractivity contribution in [2.45, 2.75) is 85.4 Å². The number of benzene rings is 2. The maximum absolute atomic E-state index is 13.4. The largest absolute Gasteiger partial charge is 3.00 e. The van der Waals surface area contributed by atoms with E-state index >= 15 is 0 Å². The van der Waals surface area contributed by atoms with Crippen molar-refractivity contribution in [2.75, 3.05) is 41.4 Å². The average Bonchev–Trinajstić information content (AvgIpc) is 2.77. The molecule has 39 heavy (non-hydrogen) atoms. The summed E-state index contributed by atoms with van der Waals surface area (Å²) in [5.74, 6) is 1.42. The van der Waals surface area contributed by atoms with E-state index in [2.05, 4.69) is 9.80 Å². The van der Waals surface area contributed by atoms with Crippen LogP contribution in [0.25, 0.3) is 0 Å². The van der Waals surface area contributed by atoms with Crippen LogP contribution in [0.2, 0.25) is 0 Å². The number of likely N-dealkylation sites (N-methyl/N-ethyl adjacent to an activating group) is 1. The van der Waals surface area contributed by atoms with Crippen molar-refractivity contribution in [3.8, 4) is 23.0 Å². The van der Waals surface area contributed by atoms with Crippen LogP contribution < -0.4 is 24.8 Å². The first-order chi connectivity index (χ1) is 17.4. The Labute approximate surface area is 247 Å². The van der Waals surface area contributed by atoms with Gasteiger partial charge >= 0.3 is 17.4 Å². The molecule has 0 aliphatic heterocycles. The molecule has 7 nitrogen and oxygen atoms in total. The molecular formula is C31H49AlN2O5. The molecule has 0 fully saturated rings. The Hall–Kier alpha value is -1.95. The predicted octanol–water partition coefficient (Wildman–Crippen LogP) is 3.38. The Morgan fingerprint density at radius 1 is 0.718 bits per heavy atom. The molecule has 2 rings (SSSR count). The van der Waals surface area contributed by atoms with Gasteiger partial charge in [-0.15, -0.1) is 17.6 Å².